The normalized spacial score (nSPS) is 16.9. The van der Waals surface area contributed by atoms with Gasteiger partial charge in [0.1, 0.15) is 5.69 Å². The summed E-state index contributed by atoms with van der Waals surface area (Å²) in [5, 5.41) is 24.9. The number of hydrogen-bond acceptors (Lipinski definition) is 5. The molecule has 1 aliphatic rings. The van der Waals surface area contributed by atoms with Crippen molar-refractivity contribution in [1.82, 2.24) is 9.78 Å². The second-order valence-electron chi connectivity index (χ2n) is 5.67. The third-order valence-corrected chi connectivity index (χ3v) is 3.87. The van der Waals surface area contributed by atoms with Crippen LogP contribution in [0.25, 0.3) is 0 Å². The van der Waals surface area contributed by atoms with Crippen molar-refractivity contribution in [3.8, 4) is 0 Å². The average molecular weight is 282 g/mol. The number of nitrogens with zero attached hydrogens (tertiary/aromatic N) is 4. The summed E-state index contributed by atoms with van der Waals surface area (Å²) in [4.78, 5) is 13.0. The highest BCUT2D eigenvalue weighted by molar-refractivity contribution is 5.61. The van der Waals surface area contributed by atoms with Crippen molar-refractivity contribution in [1.29, 1.82) is 0 Å². The zero-order valence-corrected chi connectivity index (χ0v) is 12.2. The number of hydrogen-bond donors (Lipinski definition) is 1. The summed E-state index contributed by atoms with van der Waals surface area (Å²) in [5.41, 5.74) is 0.573. The predicted octanol–water partition coefficient (Wildman–Crippen LogP) is 1.89. The third kappa shape index (κ3) is 2.63. The molecule has 0 saturated carbocycles. The Bertz CT molecular complexity index is 490. The van der Waals surface area contributed by atoms with E-state index < -0.39 is 0 Å². The van der Waals surface area contributed by atoms with E-state index >= 15 is 0 Å². The average Bonchev–Trinajstić information content (AvgIpc) is 2.76. The Labute approximate surface area is 118 Å². The van der Waals surface area contributed by atoms with Gasteiger partial charge in [-0.25, -0.2) is 4.68 Å². The molecule has 0 bridgehead atoms. The van der Waals surface area contributed by atoms with Gasteiger partial charge in [0, 0.05) is 25.7 Å². The molecule has 0 amide bonds. The van der Waals surface area contributed by atoms with E-state index in [4.69, 9.17) is 0 Å². The first-order valence-electron chi connectivity index (χ1n) is 7.05. The summed E-state index contributed by atoms with van der Waals surface area (Å²) in [6.45, 7) is 7.27. The van der Waals surface area contributed by atoms with E-state index in [1.807, 2.05) is 18.7 Å². The fraction of sp³-hybridized carbons (Fsp3) is 0.769. The van der Waals surface area contributed by atoms with Crippen molar-refractivity contribution in [2.75, 3.05) is 24.6 Å². The summed E-state index contributed by atoms with van der Waals surface area (Å²) in [5.74, 6) is 0.917. The quantitative estimate of drug-likeness (QED) is 0.673. The van der Waals surface area contributed by atoms with Crippen molar-refractivity contribution in [3.05, 3.63) is 15.8 Å². The molecule has 0 aliphatic carbocycles. The molecule has 1 fully saturated rings. The number of nitro groups is 1. The van der Waals surface area contributed by atoms with Crippen LogP contribution in [0.2, 0.25) is 0 Å². The largest absolute Gasteiger partial charge is 0.396 e. The molecule has 0 aromatic carbocycles. The number of piperidine rings is 1. The van der Waals surface area contributed by atoms with Crippen LogP contribution < -0.4 is 4.90 Å². The summed E-state index contributed by atoms with van der Waals surface area (Å²) >= 11 is 0. The maximum absolute atomic E-state index is 11.3. The van der Waals surface area contributed by atoms with E-state index in [1.54, 1.807) is 11.6 Å². The van der Waals surface area contributed by atoms with Gasteiger partial charge in [0.15, 0.2) is 0 Å². The highest BCUT2D eigenvalue weighted by atomic mass is 16.6. The Hall–Kier alpha value is -1.63. The Morgan fingerprint density at radius 3 is 2.50 bits per heavy atom. The minimum atomic E-state index is -0.339. The molecule has 0 radical (unpaired) electrons. The first kappa shape index (κ1) is 14.8. The topological polar surface area (TPSA) is 84.4 Å². The van der Waals surface area contributed by atoms with E-state index in [2.05, 4.69) is 5.10 Å². The van der Waals surface area contributed by atoms with Gasteiger partial charge < -0.3 is 10.0 Å². The first-order valence-corrected chi connectivity index (χ1v) is 7.05. The molecule has 2 rings (SSSR count). The number of aryl methyl sites for hydroxylation is 1. The van der Waals surface area contributed by atoms with Crippen molar-refractivity contribution in [2.45, 2.75) is 39.7 Å². The van der Waals surface area contributed by atoms with Gasteiger partial charge in [0.25, 0.3) is 0 Å². The molecule has 2 heterocycles. The van der Waals surface area contributed by atoms with Crippen LogP contribution >= 0.6 is 0 Å². The van der Waals surface area contributed by atoms with E-state index in [0.29, 0.717) is 17.4 Å². The molecule has 1 aliphatic heterocycles. The van der Waals surface area contributed by atoms with Crippen LogP contribution in [0.15, 0.2) is 0 Å². The molecule has 1 saturated heterocycles. The minimum absolute atomic E-state index is 0.0768. The van der Waals surface area contributed by atoms with E-state index in [9.17, 15) is 15.2 Å². The molecular formula is C13H22N4O3. The predicted molar refractivity (Wildman–Crippen MR) is 76.0 cm³/mol. The molecule has 7 nitrogen and oxygen atoms in total. The molecule has 0 spiro atoms. The van der Waals surface area contributed by atoms with E-state index in [-0.39, 0.29) is 23.3 Å². The van der Waals surface area contributed by atoms with E-state index in [0.717, 1.165) is 25.9 Å². The summed E-state index contributed by atoms with van der Waals surface area (Å²) in [6, 6.07) is 0.0768. The maximum atomic E-state index is 11.3. The SMILES string of the molecule is Cc1nn(C(C)C)c(N2CCC(CO)CC2)c1[N+](=O)[O-]. The first-order chi connectivity index (χ1) is 9.45. The van der Waals surface area contributed by atoms with Crippen molar-refractivity contribution < 1.29 is 10.0 Å². The molecule has 0 atom stereocenters. The second kappa shape index (κ2) is 5.78. The third-order valence-electron chi connectivity index (χ3n) is 3.87. The number of aromatic nitrogens is 2. The van der Waals surface area contributed by atoms with Gasteiger partial charge in [0.2, 0.25) is 5.82 Å². The second-order valence-corrected chi connectivity index (χ2v) is 5.67. The molecule has 1 N–H and O–H groups in total. The molecule has 1 aromatic heterocycles. The standard InChI is InChI=1S/C13H22N4O3/c1-9(2)16-13(12(17(19)20)10(3)14-16)15-6-4-11(8-18)5-7-15/h9,11,18H,4-8H2,1-3H3. The number of aliphatic hydroxyl groups excluding tert-OH is 1. The number of rotatable bonds is 4. The maximum Gasteiger partial charge on any atom is 0.333 e. The summed E-state index contributed by atoms with van der Waals surface area (Å²) in [6.07, 6.45) is 1.71. The van der Waals surface area contributed by atoms with Gasteiger partial charge >= 0.3 is 5.69 Å². The highest BCUT2D eigenvalue weighted by Gasteiger charge is 2.32. The molecular weight excluding hydrogens is 260 g/mol. The van der Waals surface area contributed by atoms with Crippen LogP contribution in [0.3, 0.4) is 0 Å². The minimum Gasteiger partial charge on any atom is -0.396 e. The lowest BCUT2D eigenvalue weighted by Crippen LogP contribution is -2.36. The van der Waals surface area contributed by atoms with Crippen LogP contribution in [-0.2, 0) is 0 Å². The van der Waals surface area contributed by atoms with Crippen LogP contribution in [0.5, 0.6) is 0 Å². The highest BCUT2D eigenvalue weighted by Crippen LogP contribution is 2.35. The number of aliphatic hydroxyl groups is 1. The zero-order chi connectivity index (χ0) is 14.9. The van der Waals surface area contributed by atoms with Crippen molar-refractivity contribution in [3.63, 3.8) is 0 Å². The van der Waals surface area contributed by atoms with E-state index in [1.165, 1.54) is 0 Å². The Kier molecular flexibility index (Phi) is 4.27. The lowest BCUT2D eigenvalue weighted by atomic mass is 9.98. The van der Waals surface area contributed by atoms with Gasteiger partial charge in [0.05, 0.1) is 4.92 Å². The molecule has 0 unspecified atom stereocenters. The van der Waals surface area contributed by atoms with Gasteiger partial charge in [-0.1, -0.05) is 0 Å². The van der Waals surface area contributed by atoms with Gasteiger partial charge in [-0.3, -0.25) is 10.1 Å². The van der Waals surface area contributed by atoms with Crippen LogP contribution in [-0.4, -0.2) is 39.5 Å². The van der Waals surface area contributed by atoms with Crippen molar-refractivity contribution >= 4 is 11.5 Å². The van der Waals surface area contributed by atoms with Gasteiger partial charge in [-0.2, -0.15) is 5.10 Å². The Morgan fingerprint density at radius 1 is 1.45 bits per heavy atom. The fourth-order valence-electron chi connectivity index (χ4n) is 2.72. The summed E-state index contributed by atoms with van der Waals surface area (Å²) in [7, 11) is 0. The zero-order valence-electron chi connectivity index (χ0n) is 12.2. The van der Waals surface area contributed by atoms with Gasteiger partial charge in [-0.15, -0.1) is 0 Å². The molecule has 1 aromatic rings. The van der Waals surface area contributed by atoms with Crippen LogP contribution in [0.1, 0.15) is 38.4 Å². The van der Waals surface area contributed by atoms with Crippen molar-refractivity contribution in [2.24, 2.45) is 5.92 Å². The lowest BCUT2D eigenvalue weighted by Gasteiger charge is -2.32. The van der Waals surface area contributed by atoms with Crippen LogP contribution in [0.4, 0.5) is 11.5 Å². The Balaban J connectivity index is 2.36. The monoisotopic (exact) mass is 282 g/mol. The fourth-order valence-corrected chi connectivity index (χ4v) is 2.72. The van der Waals surface area contributed by atoms with Gasteiger partial charge in [-0.05, 0) is 39.5 Å². The Morgan fingerprint density at radius 2 is 2.05 bits per heavy atom. The molecule has 112 valence electrons. The molecule has 20 heavy (non-hydrogen) atoms. The smallest absolute Gasteiger partial charge is 0.333 e. The summed E-state index contributed by atoms with van der Waals surface area (Å²) < 4.78 is 1.74. The lowest BCUT2D eigenvalue weighted by molar-refractivity contribution is -0.384. The number of anilines is 1. The van der Waals surface area contributed by atoms with Crippen LogP contribution in [0, 0.1) is 23.0 Å². The molecule has 7 heteroatoms.